The Hall–Kier alpha value is -2.44. The van der Waals surface area contributed by atoms with Crippen LogP contribution in [0, 0.1) is 29.8 Å². The average Bonchev–Trinajstić information content (AvgIpc) is 2.69. The first-order valence-electron chi connectivity index (χ1n) is 6.56. The number of hydrogen-bond donors (Lipinski definition) is 1. The number of aromatic nitrogens is 2. The minimum absolute atomic E-state index is 0.175. The van der Waals surface area contributed by atoms with Gasteiger partial charge in [-0.2, -0.15) is 0 Å². The third kappa shape index (κ3) is 3.18. The summed E-state index contributed by atoms with van der Waals surface area (Å²) in [4.78, 5) is 14.4. The van der Waals surface area contributed by atoms with Crippen LogP contribution >= 0.6 is 0 Å². The summed E-state index contributed by atoms with van der Waals surface area (Å²) in [5.41, 5.74) is 1.87. The molecule has 2 rings (SSSR count). The van der Waals surface area contributed by atoms with Crippen molar-refractivity contribution in [2.45, 2.75) is 20.3 Å². The number of nitro groups is 1. The van der Waals surface area contributed by atoms with Crippen LogP contribution in [0.3, 0.4) is 0 Å². The fraction of sp³-hybridized carbons (Fsp3) is 0.357. The van der Waals surface area contributed by atoms with Crippen LogP contribution < -0.4 is 5.32 Å². The lowest BCUT2D eigenvalue weighted by molar-refractivity contribution is -0.388. The number of hydrogen-bond acceptors (Lipinski definition) is 4. The Morgan fingerprint density at radius 3 is 2.76 bits per heavy atom. The van der Waals surface area contributed by atoms with E-state index in [0.29, 0.717) is 24.6 Å². The van der Waals surface area contributed by atoms with Gasteiger partial charge in [-0.25, -0.2) is 4.39 Å². The molecule has 0 radical (unpaired) electrons. The first-order chi connectivity index (χ1) is 9.90. The highest BCUT2D eigenvalue weighted by Gasteiger charge is 2.22. The van der Waals surface area contributed by atoms with E-state index >= 15 is 0 Å². The molecule has 1 aromatic heterocycles. The summed E-state index contributed by atoms with van der Waals surface area (Å²) in [5.74, 6) is 0.521. The van der Waals surface area contributed by atoms with Crippen molar-refractivity contribution in [3.05, 3.63) is 51.1 Å². The monoisotopic (exact) mass is 292 g/mol. The third-order valence-electron chi connectivity index (χ3n) is 3.46. The van der Waals surface area contributed by atoms with Crippen LogP contribution in [0.4, 0.5) is 16.0 Å². The Balaban J connectivity index is 2.08. The molecule has 0 aliphatic heterocycles. The molecule has 0 fully saturated rings. The molecule has 0 atom stereocenters. The van der Waals surface area contributed by atoms with Crippen molar-refractivity contribution < 1.29 is 9.31 Å². The van der Waals surface area contributed by atoms with Crippen molar-refractivity contribution in [1.82, 2.24) is 9.55 Å². The minimum Gasteiger partial charge on any atom is -0.364 e. The first-order valence-corrected chi connectivity index (χ1v) is 6.56. The standard InChI is InChI=1S/C14H17FN4O2/c1-9-8-12(15)5-4-11(9)6-7-16-13-14(19(20)21)17-10(2)18(13)3/h4-5,8,16H,6-7H2,1-3H3. The van der Waals surface area contributed by atoms with E-state index in [1.807, 2.05) is 6.92 Å². The van der Waals surface area contributed by atoms with Crippen LogP contribution in [0.15, 0.2) is 18.2 Å². The molecule has 0 spiro atoms. The van der Waals surface area contributed by atoms with E-state index in [4.69, 9.17) is 0 Å². The highest BCUT2D eigenvalue weighted by molar-refractivity contribution is 5.53. The van der Waals surface area contributed by atoms with Gasteiger partial charge in [-0.05, 0) is 46.5 Å². The van der Waals surface area contributed by atoms with E-state index in [2.05, 4.69) is 10.3 Å². The fourth-order valence-electron chi connectivity index (χ4n) is 2.17. The van der Waals surface area contributed by atoms with Crippen molar-refractivity contribution in [2.24, 2.45) is 7.05 Å². The molecule has 0 unspecified atom stereocenters. The summed E-state index contributed by atoms with van der Waals surface area (Å²) in [6.07, 6.45) is 0.646. The van der Waals surface area contributed by atoms with Crippen molar-refractivity contribution >= 4 is 11.6 Å². The lowest BCUT2D eigenvalue weighted by Gasteiger charge is -2.09. The molecule has 0 saturated carbocycles. The topological polar surface area (TPSA) is 73.0 Å². The van der Waals surface area contributed by atoms with Crippen LogP contribution in [0.5, 0.6) is 0 Å². The van der Waals surface area contributed by atoms with Gasteiger partial charge in [0.1, 0.15) is 5.82 Å². The van der Waals surface area contributed by atoms with Gasteiger partial charge in [-0.3, -0.25) is 4.57 Å². The van der Waals surface area contributed by atoms with Gasteiger partial charge in [-0.15, -0.1) is 0 Å². The molecular weight excluding hydrogens is 275 g/mol. The van der Waals surface area contributed by atoms with Crippen molar-refractivity contribution in [3.63, 3.8) is 0 Å². The summed E-state index contributed by atoms with van der Waals surface area (Å²) in [6.45, 7) is 4.06. The lowest BCUT2D eigenvalue weighted by Crippen LogP contribution is -2.10. The minimum atomic E-state index is -0.502. The number of aryl methyl sites for hydroxylation is 2. The predicted octanol–water partition coefficient (Wildman–Crippen LogP) is 2.74. The second-order valence-corrected chi connectivity index (χ2v) is 4.89. The van der Waals surface area contributed by atoms with Crippen LogP contribution in [0.2, 0.25) is 0 Å². The van der Waals surface area contributed by atoms with Crippen molar-refractivity contribution in [3.8, 4) is 0 Å². The number of nitrogens with zero attached hydrogens (tertiary/aromatic N) is 3. The Morgan fingerprint density at radius 2 is 2.14 bits per heavy atom. The molecule has 0 amide bonds. The zero-order valence-corrected chi connectivity index (χ0v) is 12.2. The Labute approximate surface area is 121 Å². The molecule has 112 valence electrons. The van der Waals surface area contributed by atoms with Crippen molar-refractivity contribution in [1.29, 1.82) is 0 Å². The highest BCUT2D eigenvalue weighted by Crippen LogP contribution is 2.23. The summed E-state index contributed by atoms with van der Waals surface area (Å²) in [5, 5.41) is 14.0. The molecule has 1 aromatic carbocycles. The number of anilines is 1. The number of nitrogens with one attached hydrogen (secondary N) is 1. The molecule has 1 N–H and O–H groups in total. The van der Waals surface area contributed by atoms with Gasteiger partial charge in [0.05, 0.1) is 0 Å². The van der Waals surface area contributed by atoms with Crippen LogP contribution in [0.25, 0.3) is 0 Å². The Kier molecular flexibility index (Phi) is 4.21. The van der Waals surface area contributed by atoms with Gasteiger partial charge in [0.15, 0.2) is 0 Å². The van der Waals surface area contributed by atoms with E-state index in [-0.39, 0.29) is 11.6 Å². The van der Waals surface area contributed by atoms with Gasteiger partial charge in [0, 0.05) is 20.5 Å². The second kappa shape index (κ2) is 5.90. The zero-order valence-electron chi connectivity index (χ0n) is 12.2. The Bertz CT molecular complexity index is 682. The third-order valence-corrected chi connectivity index (χ3v) is 3.46. The van der Waals surface area contributed by atoms with Gasteiger partial charge < -0.3 is 15.4 Å². The predicted molar refractivity (Wildman–Crippen MR) is 77.9 cm³/mol. The SMILES string of the molecule is Cc1cc(F)ccc1CCNc1c([N+](=O)[O-])nc(C)n1C. The number of imidazole rings is 1. The van der Waals surface area contributed by atoms with Crippen molar-refractivity contribution in [2.75, 3.05) is 11.9 Å². The average molecular weight is 292 g/mol. The summed E-state index contributed by atoms with van der Waals surface area (Å²) in [6, 6.07) is 4.63. The molecule has 0 bridgehead atoms. The number of rotatable bonds is 5. The second-order valence-electron chi connectivity index (χ2n) is 4.89. The maximum absolute atomic E-state index is 13.0. The molecular formula is C14H17FN4O2. The van der Waals surface area contributed by atoms with Crippen LogP contribution in [0.1, 0.15) is 17.0 Å². The van der Waals surface area contributed by atoms with Gasteiger partial charge in [-0.1, -0.05) is 6.07 Å². The smallest absolute Gasteiger partial charge is 0.364 e. The van der Waals surface area contributed by atoms with Gasteiger partial charge in [0.2, 0.25) is 11.6 Å². The van der Waals surface area contributed by atoms with E-state index in [1.54, 1.807) is 24.6 Å². The quantitative estimate of drug-likeness (QED) is 0.679. The largest absolute Gasteiger partial charge is 0.406 e. The molecule has 6 nitrogen and oxygen atoms in total. The molecule has 0 saturated heterocycles. The Morgan fingerprint density at radius 1 is 1.43 bits per heavy atom. The fourth-order valence-corrected chi connectivity index (χ4v) is 2.17. The van der Waals surface area contributed by atoms with Gasteiger partial charge >= 0.3 is 5.82 Å². The zero-order chi connectivity index (χ0) is 15.6. The summed E-state index contributed by atoms with van der Waals surface area (Å²) in [7, 11) is 1.72. The maximum Gasteiger partial charge on any atom is 0.406 e. The van der Waals surface area contributed by atoms with Gasteiger partial charge in [0.25, 0.3) is 0 Å². The maximum atomic E-state index is 13.0. The van der Waals surface area contributed by atoms with E-state index in [1.165, 1.54) is 12.1 Å². The molecule has 7 heteroatoms. The molecule has 2 aromatic rings. The number of halogens is 1. The molecule has 0 aliphatic rings. The molecule has 1 heterocycles. The number of benzene rings is 1. The summed E-state index contributed by atoms with van der Waals surface area (Å²) >= 11 is 0. The molecule has 0 aliphatic carbocycles. The van der Waals surface area contributed by atoms with Crippen LogP contribution in [-0.2, 0) is 13.5 Å². The van der Waals surface area contributed by atoms with Crippen LogP contribution in [-0.4, -0.2) is 21.0 Å². The highest BCUT2D eigenvalue weighted by atomic mass is 19.1. The van der Waals surface area contributed by atoms with E-state index < -0.39 is 4.92 Å². The summed E-state index contributed by atoms with van der Waals surface area (Å²) < 4.78 is 14.7. The normalized spacial score (nSPS) is 10.7. The first kappa shape index (κ1) is 15.0. The molecule has 21 heavy (non-hydrogen) atoms. The lowest BCUT2D eigenvalue weighted by atomic mass is 10.1. The van der Waals surface area contributed by atoms with E-state index in [0.717, 1.165) is 11.1 Å². The van der Waals surface area contributed by atoms with E-state index in [9.17, 15) is 14.5 Å².